The van der Waals surface area contributed by atoms with Gasteiger partial charge in [-0.05, 0) is 43.2 Å². The Morgan fingerprint density at radius 3 is 2.79 bits per heavy atom. The molecule has 33 heavy (non-hydrogen) atoms. The van der Waals surface area contributed by atoms with E-state index < -0.39 is 6.17 Å². The number of hydrogen-bond acceptors (Lipinski definition) is 8. The van der Waals surface area contributed by atoms with E-state index in [2.05, 4.69) is 39.1 Å². The maximum Gasteiger partial charge on any atom is 0.252 e. The van der Waals surface area contributed by atoms with Gasteiger partial charge in [0.1, 0.15) is 24.3 Å². The molecule has 3 aromatic rings. The molecule has 0 unspecified atom stereocenters. The largest absolute Gasteiger partial charge is 0.507 e. The number of benzene rings is 1. The third kappa shape index (κ3) is 4.62. The van der Waals surface area contributed by atoms with Gasteiger partial charge in [0.2, 0.25) is 0 Å². The zero-order valence-electron chi connectivity index (χ0n) is 19.0. The minimum absolute atomic E-state index is 0.0364. The second-order valence-electron chi connectivity index (χ2n) is 8.96. The number of hydrogen-bond donors (Lipinski definition) is 1. The molecule has 2 heterocycles. The molecule has 1 aliphatic carbocycles. The summed E-state index contributed by atoms with van der Waals surface area (Å²) in [5, 5.41) is 31.8. The topological polar surface area (TPSA) is 117 Å². The average molecular weight is 451 g/mol. The van der Waals surface area contributed by atoms with Crippen LogP contribution in [-0.2, 0) is 0 Å². The van der Waals surface area contributed by atoms with Crippen molar-refractivity contribution in [2.45, 2.75) is 58.2 Å². The Labute approximate surface area is 191 Å². The fourth-order valence-corrected chi connectivity index (χ4v) is 4.64. The highest BCUT2D eigenvalue weighted by Crippen LogP contribution is 2.42. The van der Waals surface area contributed by atoms with Crippen molar-refractivity contribution in [1.82, 2.24) is 29.9 Å². The van der Waals surface area contributed by atoms with Crippen LogP contribution in [0.1, 0.15) is 51.8 Å². The Bertz CT molecular complexity index is 1160. The second kappa shape index (κ2) is 9.10. The molecule has 0 aliphatic heterocycles. The van der Waals surface area contributed by atoms with Crippen molar-refractivity contribution in [3.8, 4) is 28.9 Å². The first kappa shape index (κ1) is 22.6. The fourth-order valence-electron chi connectivity index (χ4n) is 4.64. The molecule has 0 amide bonds. The lowest BCUT2D eigenvalue weighted by molar-refractivity contribution is 0.102. The van der Waals surface area contributed by atoms with Crippen molar-refractivity contribution in [2.75, 3.05) is 11.9 Å². The molecule has 172 valence electrons. The van der Waals surface area contributed by atoms with Crippen LogP contribution in [0.2, 0.25) is 0 Å². The number of aromatic hydroxyl groups is 1. The van der Waals surface area contributed by atoms with Crippen molar-refractivity contribution in [3.05, 3.63) is 36.5 Å². The summed E-state index contributed by atoms with van der Waals surface area (Å²) in [5.74, 6) is 0.726. The van der Waals surface area contributed by atoms with Gasteiger partial charge in [-0.2, -0.15) is 5.26 Å². The summed E-state index contributed by atoms with van der Waals surface area (Å²) in [4.78, 5) is 10.1. The molecule has 2 aromatic heterocycles. The summed E-state index contributed by atoms with van der Waals surface area (Å²) in [7, 11) is 1.83. The Balaban J connectivity index is 1.52. The highest BCUT2D eigenvalue weighted by Gasteiger charge is 2.39. The van der Waals surface area contributed by atoms with Gasteiger partial charge < -0.3 is 10.0 Å². The Morgan fingerprint density at radius 2 is 2.15 bits per heavy atom. The third-order valence-electron chi connectivity index (χ3n) is 6.48. The lowest BCUT2D eigenvalue weighted by Gasteiger charge is -2.43. The SMILES string of the molecule is CCC[C@]1(C)CC[C@H](F)[C@H](N(C)c2cnc(-c3ccc(-n4cnc(C#N)n4)cc3O)nn2)C1. The van der Waals surface area contributed by atoms with E-state index in [0.29, 0.717) is 23.5 Å². The standard InChI is InChI=1S/C23H27FN8O/c1-4-8-23(2)9-7-17(24)18(11-23)31(3)21-13-26-22(29-28-21)16-6-5-15(10-19(16)33)32-14-27-20(12-25)30-32/h5-6,10,13-14,17-18,33H,4,7-9,11H2,1-3H3/t17-,18+,23+/m0/s1. The number of anilines is 1. The van der Waals surface area contributed by atoms with Crippen LogP contribution < -0.4 is 4.90 Å². The fraction of sp³-hybridized carbons (Fsp3) is 0.478. The number of phenols is 1. The predicted molar refractivity (Wildman–Crippen MR) is 121 cm³/mol. The van der Waals surface area contributed by atoms with Crippen molar-refractivity contribution >= 4 is 5.82 Å². The molecule has 1 fully saturated rings. The number of halogens is 1. The van der Waals surface area contributed by atoms with Gasteiger partial charge in [-0.25, -0.2) is 19.0 Å². The van der Waals surface area contributed by atoms with Gasteiger partial charge in [-0.3, -0.25) is 0 Å². The molecule has 1 saturated carbocycles. The molecule has 0 bridgehead atoms. The summed E-state index contributed by atoms with van der Waals surface area (Å²) < 4.78 is 16.2. The van der Waals surface area contributed by atoms with Gasteiger partial charge in [0.05, 0.1) is 23.5 Å². The average Bonchev–Trinajstić information content (AvgIpc) is 3.30. The summed E-state index contributed by atoms with van der Waals surface area (Å²) >= 11 is 0. The molecule has 10 heteroatoms. The van der Waals surface area contributed by atoms with Crippen molar-refractivity contribution in [1.29, 1.82) is 5.26 Å². The van der Waals surface area contributed by atoms with Gasteiger partial charge in [-0.15, -0.1) is 15.3 Å². The second-order valence-corrected chi connectivity index (χ2v) is 8.96. The Morgan fingerprint density at radius 1 is 1.33 bits per heavy atom. The number of nitrogens with zero attached hydrogens (tertiary/aromatic N) is 8. The molecular weight excluding hydrogens is 423 g/mol. The first-order valence-corrected chi connectivity index (χ1v) is 11.1. The van der Waals surface area contributed by atoms with Gasteiger partial charge >= 0.3 is 0 Å². The molecule has 0 radical (unpaired) electrons. The van der Waals surface area contributed by atoms with Gasteiger partial charge in [0.25, 0.3) is 5.82 Å². The number of phenolic OH excluding ortho intramolecular Hbond substituents is 1. The predicted octanol–water partition coefficient (Wildman–Crippen LogP) is 3.83. The maximum atomic E-state index is 14.8. The van der Waals surface area contributed by atoms with E-state index in [1.54, 1.807) is 18.3 Å². The zero-order valence-corrected chi connectivity index (χ0v) is 19.0. The highest BCUT2D eigenvalue weighted by molar-refractivity contribution is 5.66. The van der Waals surface area contributed by atoms with E-state index in [4.69, 9.17) is 5.26 Å². The minimum atomic E-state index is -0.920. The van der Waals surface area contributed by atoms with Crippen molar-refractivity contribution < 1.29 is 9.50 Å². The Kier molecular flexibility index (Phi) is 6.22. The summed E-state index contributed by atoms with van der Waals surface area (Å²) in [6, 6.07) is 6.43. The summed E-state index contributed by atoms with van der Waals surface area (Å²) in [6.45, 7) is 4.40. The van der Waals surface area contributed by atoms with Crippen LogP contribution >= 0.6 is 0 Å². The molecule has 1 aromatic carbocycles. The van der Waals surface area contributed by atoms with E-state index in [1.165, 1.54) is 17.1 Å². The molecule has 4 rings (SSSR count). The molecule has 1 aliphatic rings. The summed E-state index contributed by atoms with van der Waals surface area (Å²) in [5.41, 5.74) is 1.07. The van der Waals surface area contributed by atoms with Crippen LogP contribution in [0.3, 0.4) is 0 Å². The van der Waals surface area contributed by atoms with Crippen molar-refractivity contribution in [2.24, 2.45) is 5.41 Å². The van der Waals surface area contributed by atoms with E-state index in [-0.39, 0.29) is 28.9 Å². The number of aromatic nitrogens is 6. The van der Waals surface area contributed by atoms with Crippen LogP contribution in [0.4, 0.5) is 10.2 Å². The van der Waals surface area contributed by atoms with Crippen LogP contribution in [0.25, 0.3) is 17.1 Å². The van der Waals surface area contributed by atoms with Crippen LogP contribution in [0.5, 0.6) is 5.75 Å². The zero-order chi connectivity index (χ0) is 23.6. The van der Waals surface area contributed by atoms with E-state index >= 15 is 0 Å². The van der Waals surface area contributed by atoms with Crippen molar-refractivity contribution in [3.63, 3.8) is 0 Å². The normalized spacial score (nSPS) is 22.6. The quantitative estimate of drug-likeness (QED) is 0.602. The lowest BCUT2D eigenvalue weighted by Crippen LogP contribution is -2.47. The monoisotopic (exact) mass is 450 g/mol. The number of rotatable bonds is 6. The first-order chi connectivity index (χ1) is 15.8. The van der Waals surface area contributed by atoms with Crippen LogP contribution in [0, 0.1) is 16.7 Å². The molecule has 0 spiro atoms. The lowest BCUT2D eigenvalue weighted by atomic mass is 9.70. The maximum absolute atomic E-state index is 14.8. The third-order valence-corrected chi connectivity index (χ3v) is 6.48. The minimum Gasteiger partial charge on any atom is -0.507 e. The van der Waals surface area contributed by atoms with Crippen LogP contribution in [0.15, 0.2) is 30.7 Å². The smallest absolute Gasteiger partial charge is 0.252 e. The molecule has 0 saturated heterocycles. The van der Waals surface area contributed by atoms with E-state index in [9.17, 15) is 9.50 Å². The Hall–Kier alpha value is -3.61. The molecular formula is C23H27FN8O. The van der Waals surface area contributed by atoms with Gasteiger partial charge in [0.15, 0.2) is 11.6 Å². The summed E-state index contributed by atoms with van der Waals surface area (Å²) in [6.07, 6.45) is 6.41. The van der Waals surface area contributed by atoms with Crippen LogP contribution in [-0.4, -0.2) is 54.3 Å². The highest BCUT2D eigenvalue weighted by atomic mass is 19.1. The van der Waals surface area contributed by atoms with E-state index in [0.717, 1.165) is 25.7 Å². The first-order valence-electron chi connectivity index (χ1n) is 11.1. The molecule has 9 nitrogen and oxygen atoms in total. The van der Waals surface area contributed by atoms with Gasteiger partial charge in [0, 0.05) is 13.1 Å². The number of alkyl halides is 1. The molecule has 1 N–H and O–H groups in total. The van der Waals surface area contributed by atoms with E-state index in [1.807, 2.05) is 18.0 Å². The molecule has 3 atom stereocenters. The van der Waals surface area contributed by atoms with Gasteiger partial charge in [-0.1, -0.05) is 20.3 Å². The number of nitriles is 1.